The minimum atomic E-state index is -0.679. The van der Waals surface area contributed by atoms with Crippen molar-refractivity contribution in [2.24, 2.45) is 5.92 Å². The highest BCUT2D eigenvalue weighted by Crippen LogP contribution is 2.39. The molecule has 1 amide bonds. The number of benzene rings is 3. The predicted octanol–water partition coefficient (Wildman–Crippen LogP) is 7.57. The number of amides is 1. The van der Waals surface area contributed by atoms with Crippen LogP contribution in [0.15, 0.2) is 82.6 Å². The van der Waals surface area contributed by atoms with Crippen LogP contribution in [0.3, 0.4) is 0 Å². The van der Waals surface area contributed by atoms with Crippen molar-refractivity contribution >= 4 is 17.9 Å². The number of carbonyl (C=O) groups excluding carboxylic acids is 1. The lowest BCUT2D eigenvalue weighted by Crippen LogP contribution is -2.66. The fourth-order valence-electron chi connectivity index (χ4n) is 5.38. The zero-order valence-corrected chi connectivity index (χ0v) is 25.5. The second-order valence-corrected chi connectivity index (χ2v) is 13.6. The summed E-state index contributed by atoms with van der Waals surface area (Å²) in [4.78, 5) is 15.2. The molecule has 1 atom stereocenters. The van der Waals surface area contributed by atoms with Crippen LogP contribution in [0.1, 0.15) is 57.7 Å². The zero-order chi connectivity index (χ0) is 29.1. The fourth-order valence-corrected chi connectivity index (χ4v) is 6.31. The minimum absolute atomic E-state index is 0.163. The van der Waals surface area contributed by atoms with E-state index in [0.717, 1.165) is 35.5 Å². The molecule has 1 aliphatic heterocycles. The van der Waals surface area contributed by atoms with Crippen molar-refractivity contribution in [3.05, 3.63) is 89.5 Å². The van der Waals surface area contributed by atoms with Crippen LogP contribution in [0.5, 0.6) is 5.75 Å². The lowest BCUT2D eigenvalue weighted by atomic mass is 9.72. The van der Waals surface area contributed by atoms with Crippen molar-refractivity contribution in [1.82, 2.24) is 5.32 Å². The Hall–Kier alpha value is -3.00. The fraction of sp³-hybridized carbons (Fsp3) is 0.441. The molecule has 2 aliphatic rings. The maximum atomic E-state index is 12.9. The summed E-state index contributed by atoms with van der Waals surface area (Å²) in [5.74, 6) is 0.347. The molecule has 1 saturated heterocycles. The van der Waals surface area contributed by atoms with Crippen molar-refractivity contribution < 1.29 is 23.7 Å². The Morgan fingerprint density at radius 2 is 1.68 bits per heavy atom. The van der Waals surface area contributed by atoms with E-state index >= 15 is 0 Å². The third-order valence-electron chi connectivity index (χ3n) is 7.58. The SMILES string of the molecule is CC(C)(C)OC(=O)NC1(C2CCc3cc(Sc4cccc(OCc5ccccc5)c4)ccc3C2)COC(C)(C)OC1. The molecule has 5 rings (SSSR count). The van der Waals surface area contributed by atoms with Gasteiger partial charge in [0.15, 0.2) is 5.79 Å². The highest BCUT2D eigenvalue weighted by molar-refractivity contribution is 7.99. The van der Waals surface area contributed by atoms with E-state index in [4.69, 9.17) is 18.9 Å². The first kappa shape index (κ1) is 29.5. The molecule has 1 heterocycles. The van der Waals surface area contributed by atoms with E-state index in [1.807, 2.05) is 65.0 Å². The molecule has 0 bridgehead atoms. The van der Waals surface area contributed by atoms with Crippen LogP contribution in [-0.2, 0) is 33.7 Å². The first-order valence-corrected chi connectivity index (χ1v) is 15.2. The van der Waals surface area contributed by atoms with Gasteiger partial charge in [-0.1, -0.05) is 54.2 Å². The second kappa shape index (κ2) is 12.1. The molecule has 1 unspecified atom stereocenters. The Morgan fingerprint density at radius 1 is 0.951 bits per heavy atom. The normalized spacial score (nSPS) is 19.6. The molecule has 1 N–H and O–H groups in total. The highest BCUT2D eigenvalue weighted by atomic mass is 32.2. The number of alkyl carbamates (subject to hydrolysis) is 1. The topological polar surface area (TPSA) is 66.0 Å². The molecule has 218 valence electrons. The number of fused-ring (bicyclic) bond motifs is 1. The van der Waals surface area contributed by atoms with Crippen LogP contribution in [0.2, 0.25) is 0 Å². The minimum Gasteiger partial charge on any atom is -0.489 e. The number of carbonyl (C=O) groups is 1. The summed E-state index contributed by atoms with van der Waals surface area (Å²) >= 11 is 1.74. The van der Waals surface area contributed by atoms with Gasteiger partial charge in [-0.05, 0) is 107 Å². The third kappa shape index (κ3) is 7.85. The van der Waals surface area contributed by atoms with E-state index in [1.165, 1.54) is 16.0 Å². The molecular weight excluding hydrogens is 534 g/mol. The summed E-state index contributed by atoms with van der Waals surface area (Å²) in [6.07, 6.45) is 2.26. The van der Waals surface area contributed by atoms with Gasteiger partial charge in [0.05, 0.1) is 18.8 Å². The molecule has 6 nitrogen and oxygen atoms in total. The van der Waals surface area contributed by atoms with Crippen LogP contribution in [0.25, 0.3) is 0 Å². The van der Waals surface area contributed by atoms with Gasteiger partial charge in [-0.25, -0.2) is 4.79 Å². The summed E-state index contributed by atoms with van der Waals surface area (Å²) in [6, 6.07) is 25.2. The lowest BCUT2D eigenvalue weighted by molar-refractivity contribution is -0.277. The van der Waals surface area contributed by atoms with Crippen molar-refractivity contribution in [2.45, 2.75) is 87.2 Å². The number of rotatable bonds is 7. The molecule has 1 fully saturated rings. The van der Waals surface area contributed by atoms with E-state index in [1.54, 1.807) is 11.8 Å². The Bertz CT molecular complexity index is 1340. The van der Waals surface area contributed by atoms with E-state index in [9.17, 15) is 4.79 Å². The average Bonchev–Trinajstić information content (AvgIpc) is 2.93. The summed E-state index contributed by atoms with van der Waals surface area (Å²) < 4.78 is 23.8. The van der Waals surface area contributed by atoms with Gasteiger partial charge in [-0.2, -0.15) is 0 Å². The van der Waals surface area contributed by atoms with Crippen molar-refractivity contribution in [3.63, 3.8) is 0 Å². The van der Waals surface area contributed by atoms with Crippen LogP contribution in [0, 0.1) is 5.92 Å². The van der Waals surface area contributed by atoms with E-state index in [0.29, 0.717) is 19.8 Å². The maximum absolute atomic E-state index is 12.9. The monoisotopic (exact) mass is 575 g/mol. The lowest BCUT2D eigenvalue weighted by Gasteiger charge is -2.49. The van der Waals surface area contributed by atoms with Gasteiger partial charge in [0.1, 0.15) is 18.0 Å². The molecule has 7 heteroatoms. The van der Waals surface area contributed by atoms with Crippen LogP contribution in [0.4, 0.5) is 4.79 Å². The van der Waals surface area contributed by atoms with E-state index in [-0.39, 0.29) is 5.92 Å². The van der Waals surface area contributed by atoms with E-state index in [2.05, 4.69) is 47.8 Å². The Labute approximate surface area is 248 Å². The van der Waals surface area contributed by atoms with Gasteiger partial charge >= 0.3 is 6.09 Å². The van der Waals surface area contributed by atoms with Crippen LogP contribution < -0.4 is 10.1 Å². The number of nitrogens with one attached hydrogen (secondary N) is 1. The standard InChI is InChI=1S/C34H41NO5S/c1-32(2,3)40-31(36)35-34(22-38-33(4,5)39-23-34)27-16-14-26-19-30(17-15-25(26)18-27)41-29-13-9-12-28(20-29)37-21-24-10-7-6-8-11-24/h6-13,15,17,19-20,27H,14,16,18,21-23H2,1-5H3,(H,35,36). The molecule has 0 radical (unpaired) electrons. The number of hydrogen-bond acceptors (Lipinski definition) is 6. The van der Waals surface area contributed by atoms with E-state index < -0.39 is 23.0 Å². The summed E-state index contributed by atoms with van der Waals surface area (Å²) in [7, 11) is 0. The molecule has 41 heavy (non-hydrogen) atoms. The number of hydrogen-bond donors (Lipinski definition) is 1. The van der Waals surface area contributed by atoms with Crippen molar-refractivity contribution in [2.75, 3.05) is 13.2 Å². The smallest absolute Gasteiger partial charge is 0.408 e. The van der Waals surface area contributed by atoms with Gasteiger partial charge in [0, 0.05) is 9.79 Å². The number of aryl methyl sites for hydroxylation is 1. The predicted molar refractivity (Wildman–Crippen MR) is 161 cm³/mol. The van der Waals surface area contributed by atoms with Gasteiger partial charge in [-0.15, -0.1) is 0 Å². The Kier molecular flexibility index (Phi) is 8.69. The first-order chi connectivity index (χ1) is 19.5. The van der Waals surface area contributed by atoms with Crippen LogP contribution in [-0.4, -0.2) is 36.2 Å². The summed E-state index contributed by atoms with van der Waals surface area (Å²) in [5.41, 5.74) is 2.58. The largest absolute Gasteiger partial charge is 0.489 e. The Balaban J connectivity index is 1.26. The zero-order valence-electron chi connectivity index (χ0n) is 24.7. The van der Waals surface area contributed by atoms with Crippen LogP contribution >= 0.6 is 11.8 Å². The van der Waals surface area contributed by atoms with Crippen molar-refractivity contribution in [3.8, 4) is 5.75 Å². The van der Waals surface area contributed by atoms with Gasteiger partial charge in [-0.3, -0.25) is 0 Å². The summed E-state index contributed by atoms with van der Waals surface area (Å²) in [5, 5.41) is 3.17. The molecule has 3 aromatic carbocycles. The molecule has 0 saturated carbocycles. The maximum Gasteiger partial charge on any atom is 0.408 e. The molecule has 0 spiro atoms. The molecular formula is C34H41NO5S. The van der Waals surface area contributed by atoms with Gasteiger partial charge in [0.2, 0.25) is 0 Å². The Morgan fingerprint density at radius 3 is 2.41 bits per heavy atom. The number of ether oxygens (including phenoxy) is 4. The highest BCUT2D eigenvalue weighted by Gasteiger charge is 2.48. The molecule has 0 aromatic heterocycles. The second-order valence-electron chi connectivity index (χ2n) is 12.5. The average molecular weight is 576 g/mol. The molecule has 3 aromatic rings. The van der Waals surface area contributed by atoms with Gasteiger partial charge < -0.3 is 24.3 Å². The van der Waals surface area contributed by atoms with Gasteiger partial charge in [0.25, 0.3) is 0 Å². The quantitative estimate of drug-likeness (QED) is 0.314. The third-order valence-corrected chi connectivity index (χ3v) is 8.56. The summed E-state index contributed by atoms with van der Waals surface area (Å²) in [6.45, 7) is 10.7. The van der Waals surface area contributed by atoms with Crippen molar-refractivity contribution in [1.29, 1.82) is 0 Å². The first-order valence-electron chi connectivity index (χ1n) is 14.3. The molecule has 1 aliphatic carbocycles.